The van der Waals surface area contributed by atoms with E-state index >= 15 is 0 Å². The van der Waals surface area contributed by atoms with Crippen molar-refractivity contribution in [3.63, 3.8) is 0 Å². The first-order valence-corrected chi connectivity index (χ1v) is 12.0. The van der Waals surface area contributed by atoms with Crippen molar-refractivity contribution in [3.8, 4) is 11.1 Å². The molecule has 2 fully saturated rings. The number of benzene rings is 2. The molecule has 4 unspecified atom stereocenters. The highest BCUT2D eigenvalue weighted by Gasteiger charge is 2.44. The monoisotopic (exact) mass is 462 g/mol. The first-order chi connectivity index (χ1) is 16.4. The second kappa shape index (κ2) is 9.12. The molecule has 0 aromatic heterocycles. The number of carbonyl (C=O) groups is 3. The Morgan fingerprint density at radius 2 is 1.68 bits per heavy atom. The lowest BCUT2D eigenvalue weighted by Gasteiger charge is -2.33. The van der Waals surface area contributed by atoms with Gasteiger partial charge in [-0.3, -0.25) is 9.59 Å². The zero-order valence-corrected chi connectivity index (χ0v) is 19.3. The minimum absolute atomic E-state index is 0.107. The van der Waals surface area contributed by atoms with Crippen LogP contribution in [-0.4, -0.2) is 53.7 Å². The number of carboxylic acids is 1. The van der Waals surface area contributed by atoms with E-state index in [9.17, 15) is 19.5 Å². The Labute approximate surface area is 199 Å². The van der Waals surface area contributed by atoms with E-state index in [2.05, 4.69) is 17.4 Å². The minimum atomic E-state index is -1.16. The van der Waals surface area contributed by atoms with E-state index in [0.717, 1.165) is 41.5 Å². The number of likely N-dealkylation sites (N-methyl/N-ethyl adjacent to an activating group) is 1. The van der Waals surface area contributed by atoms with Crippen LogP contribution in [-0.2, 0) is 14.3 Å². The molecular weight excluding hydrogens is 432 g/mol. The predicted molar refractivity (Wildman–Crippen MR) is 126 cm³/mol. The van der Waals surface area contributed by atoms with Crippen molar-refractivity contribution in [2.75, 3.05) is 13.7 Å². The van der Waals surface area contributed by atoms with Crippen LogP contribution in [0.4, 0.5) is 4.79 Å². The molecule has 2 aromatic rings. The normalized spacial score (nSPS) is 23.1. The molecule has 2 N–H and O–H groups in total. The number of hydrogen-bond acceptors (Lipinski definition) is 4. The van der Waals surface area contributed by atoms with Crippen LogP contribution in [0.2, 0.25) is 0 Å². The molecule has 0 radical (unpaired) electrons. The number of nitrogens with one attached hydrogen (secondary N) is 1. The van der Waals surface area contributed by atoms with Crippen molar-refractivity contribution < 1.29 is 24.2 Å². The molecule has 2 aromatic carbocycles. The molecule has 7 heteroatoms. The van der Waals surface area contributed by atoms with E-state index in [1.165, 1.54) is 6.42 Å². The summed E-state index contributed by atoms with van der Waals surface area (Å²) < 4.78 is 5.54. The number of amides is 2. The highest BCUT2D eigenvalue weighted by Crippen LogP contribution is 2.46. The number of ether oxygens (including phenoxy) is 1. The molecule has 0 heterocycles. The number of hydrogen-bond donors (Lipinski definition) is 2. The van der Waals surface area contributed by atoms with Gasteiger partial charge in [-0.05, 0) is 53.4 Å². The molecule has 0 saturated heterocycles. The van der Waals surface area contributed by atoms with E-state index in [1.54, 1.807) is 11.9 Å². The Balaban J connectivity index is 1.25. The lowest BCUT2D eigenvalue weighted by Crippen LogP contribution is -2.52. The predicted octanol–water partition coefficient (Wildman–Crippen LogP) is 4.02. The van der Waals surface area contributed by atoms with E-state index in [4.69, 9.17) is 4.74 Å². The maximum atomic E-state index is 13.2. The second-order valence-electron chi connectivity index (χ2n) is 9.81. The minimum Gasteiger partial charge on any atom is -0.481 e. The molecule has 3 aliphatic carbocycles. The van der Waals surface area contributed by atoms with Gasteiger partial charge in [-0.25, -0.2) is 4.79 Å². The maximum Gasteiger partial charge on any atom is 0.407 e. The molecule has 178 valence electrons. The van der Waals surface area contributed by atoms with E-state index in [1.807, 2.05) is 36.4 Å². The summed E-state index contributed by atoms with van der Waals surface area (Å²) >= 11 is 0. The standard InChI is InChI=1S/C27H30N2O5/c1-29(24-13-16-10-11-17(24)12-16)26(32)23(14-25(30)31)28-27(33)34-15-22-20-8-4-2-6-18(20)19-7-3-5-9-21(19)22/h2-9,16-17,22-24H,10-15H2,1H3,(H,28,33)(H,30,31). The summed E-state index contributed by atoms with van der Waals surface area (Å²) in [6.07, 6.45) is 3.15. The van der Waals surface area contributed by atoms with E-state index < -0.39 is 24.5 Å². The zero-order valence-electron chi connectivity index (χ0n) is 19.3. The van der Waals surface area contributed by atoms with Gasteiger partial charge in [0.25, 0.3) is 0 Å². The Morgan fingerprint density at radius 1 is 1.03 bits per heavy atom. The molecule has 0 aliphatic heterocycles. The number of alkyl carbamates (subject to hydrolysis) is 1. The third-order valence-electron chi connectivity index (χ3n) is 7.86. The van der Waals surface area contributed by atoms with Gasteiger partial charge in [-0.1, -0.05) is 55.0 Å². The van der Waals surface area contributed by atoms with E-state index in [0.29, 0.717) is 11.8 Å². The van der Waals surface area contributed by atoms with Crippen LogP contribution < -0.4 is 5.32 Å². The Kier molecular flexibility index (Phi) is 6.02. The molecule has 3 aliphatic rings. The largest absolute Gasteiger partial charge is 0.481 e. The Bertz CT molecular complexity index is 1070. The maximum absolute atomic E-state index is 13.2. The number of rotatable bonds is 7. The van der Waals surface area contributed by atoms with Crippen molar-refractivity contribution in [2.45, 2.75) is 50.1 Å². The van der Waals surface area contributed by atoms with Crippen LogP contribution in [0, 0.1) is 11.8 Å². The third-order valence-corrected chi connectivity index (χ3v) is 7.86. The lowest BCUT2D eigenvalue weighted by molar-refractivity contribution is -0.143. The average molecular weight is 463 g/mol. The highest BCUT2D eigenvalue weighted by atomic mass is 16.5. The van der Waals surface area contributed by atoms with Gasteiger partial charge in [0.2, 0.25) is 5.91 Å². The molecule has 7 nitrogen and oxygen atoms in total. The van der Waals surface area contributed by atoms with Gasteiger partial charge in [0.15, 0.2) is 0 Å². The van der Waals surface area contributed by atoms with Gasteiger partial charge >= 0.3 is 12.1 Å². The van der Waals surface area contributed by atoms with Gasteiger partial charge in [-0.15, -0.1) is 0 Å². The van der Waals surface area contributed by atoms with Gasteiger partial charge in [0, 0.05) is 19.0 Å². The number of nitrogens with zero attached hydrogens (tertiary/aromatic N) is 1. The summed E-state index contributed by atoms with van der Waals surface area (Å²) in [7, 11) is 1.72. The van der Waals surface area contributed by atoms with Crippen molar-refractivity contribution in [3.05, 3.63) is 59.7 Å². The lowest BCUT2D eigenvalue weighted by atomic mass is 9.94. The zero-order chi connectivity index (χ0) is 23.8. The van der Waals surface area contributed by atoms with Gasteiger partial charge in [0.05, 0.1) is 6.42 Å². The summed E-state index contributed by atoms with van der Waals surface area (Å²) in [6.45, 7) is 0.107. The summed E-state index contributed by atoms with van der Waals surface area (Å²) in [6, 6.07) is 15.0. The van der Waals surface area contributed by atoms with Crippen LogP contribution in [0.25, 0.3) is 11.1 Å². The quantitative estimate of drug-likeness (QED) is 0.648. The molecule has 4 atom stereocenters. The van der Waals surface area contributed by atoms with Gasteiger partial charge in [-0.2, -0.15) is 0 Å². The van der Waals surface area contributed by atoms with Crippen molar-refractivity contribution >= 4 is 18.0 Å². The van der Waals surface area contributed by atoms with Crippen molar-refractivity contribution in [2.24, 2.45) is 11.8 Å². The smallest absolute Gasteiger partial charge is 0.407 e. The molecule has 2 saturated carbocycles. The molecule has 2 amide bonds. The van der Waals surface area contributed by atoms with E-state index in [-0.39, 0.29) is 24.5 Å². The van der Waals surface area contributed by atoms with Crippen LogP contribution in [0.15, 0.2) is 48.5 Å². The summed E-state index contributed by atoms with van der Waals surface area (Å²) in [5.41, 5.74) is 4.42. The highest BCUT2D eigenvalue weighted by molar-refractivity contribution is 5.89. The fraction of sp³-hybridized carbons (Fsp3) is 0.444. The first kappa shape index (κ1) is 22.4. The van der Waals surface area contributed by atoms with Crippen LogP contribution >= 0.6 is 0 Å². The average Bonchev–Trinajstić information content (AvgIpc) is 3.54. The Morgan fingerprint density at radius 3 is 2.24 bits per heavy atom. The molecule has 34 heavy (non-hydrogen) atoms. The second-order valence-corrected chi connectivity index (χ2v) is 9.81. The van der Waals surface area contributed by atoms with Crippen molar-refractivity contribution in [1.82, 2.24) is 10.2 Å². The van der Waals surface area contributed by atoms with Crippen LogP contribution in [0.3, 0.4) is 0 Å². The number of aliphatic carboxylic acids is 1. The van der Waals surface area contributed by atoms with Crippen LogP contribution in [0.1, 0.15) is 49.1 Å². The van der Waals surface area contributed by atoms with Gasteiger partial charge in [0.1, 0.15) is 12.6 Å². The summed E-state index contributed by atoms with van der Waals surface area (Å²) in [4.78, 5) is 39.0. The van der Waals surface area contributed by atoms with Crippen LogP contribution in [0.5, 0.6) is 0 Å². The first-order valence-electron chi connectivity index (χ1n) is 12.0. The molecule has 2 bridgehead atoms. The summed E-state index contributed by atoms with van der Waals surface area (Å²) in [5, 5.41) is 11.9. The number of carbonyl (C=O) groups excluding carboxylic acids is 2. The molecule has 5 rings (SSSR count). The fourth-order valence-corrected chi connectivity index (χ4v) is 6.25. The summed E-state index contributed by atoms with van der Waals surface area (Å²) in [5.74, 6) is -0.493. The third kappa shape index (κ3) is 4.15. The number of fused-ring (bicyclic) bond motifs is 5. The molecular formula is C27H30N2O5. The van der Waals surface area contributed by atoms with Gasteiger partial charge < -0.3 is 20.1 Å². The Hall–Kier alpha value is -3.35. The fourth-order valence-electron chi connectivity index (χ4n) is 6.25. The topological polar surface area (TPSA) is 95.9 Å². The SMILES string of the molecule is CN(C(=O)C(CC(=O)O)NC(=O)OCC1c2ccccc2-c2ccccc21)C1CC2CCC1C2. The number of carboxylic acid groups (broad SMARTS) is 1. The molecule has 0 spiro atoms. The van der Waals surface area contributed by atoms with Crippen molar-refractivity contribution in [1.29, 1.82) is 0 Å².